The number of fused-ring (bicyclic) bond motifs is 1. The molecule has 1 aromatic heterocycles. The average molecular weight is 249 g/mol. The monoisotopic (exact) mass is 249 g/mol. The van der Waals surface area contributed by atoms with Crippen molar-refractivity contribution in [2.75, 3.05) is 13.1 Å². The van der Waals surface area contributed by atoms with Crippen LogP contribution in [0.1, 0.15) is 0 Å². The summed E-state index contributed by atoms with van der Waals surface area (Å²) in [5, 5.41) is 3.29. The third-order valence-corrected chi connectivity index (χ3v) is 3.25. The van der Waals surface area contributed by atoms with Gasteiger partial charge in [0.05, 0.1) is 10.9 Å². The molecule has 1 aromatic carbocycles. The third-order valence-electron chi connectivity index (χ3n) is 3.25. The van der Waals surface area contributed by atoms with Gasteiger partial charge in [-0.3, -0.25) is 9.36 Å². The van der Waals surface area contributed by atoms with Crippen LogP contribution in [0.4, 0.5) is 4.39 Å². The molecule has 0 aliphatic carbocycles. The van der Waals surface area contributed by atoms with Gasteiger partial charge in [-0.1, -0.05) is 0 Å². The van der Waals surface area contributed by atoms with E-state index in [-0.39, 0.29) is 11.3 Å². The molecule has 2 aromatic rings. The molecule has 1 aliphatic rings. The quantitative estimate of drug-likeness (QED) is 0.790. The van der Waals surface area contributed by atoms with E-state index < -0.39 is 17.1 Å². The van der Waals surface area contributed by atoms with Crippen LogP contribution in [-0.4, -0.2) is 22.6 Å². The van der Waals surface area contributed by atoms with E-state index in [2.05, 4.69) is 10.3 Å². The molecule has 2 N–H and O–H groups in total. The zero-order valence-electron chi connectivity index (χ0n) is 9.57. The lowest BCUT2D eigenvalue weighted by Gasteiger charge is -2.27. The molecule has 1 fully saturated rings. The summed E-state index contributed by atoms with van der Waals surface area (Å²) >= 11 is 0. The molecule has 0 radical (unpaired) electrons. The van der Waals surface area contributed by atoms with Crippen molar-refractivity contribution in [1.29, 1.82) is 0 Å². The van der Waals surface area contributed by atoms with Gasteiger partial charge in [-0.2, -0.15) is 0 Å². The first-order valence-electron chi connectivity index (χ1n) is 5.78. The van der Waals surface area contributed by atoms with Crippen LogP contribution < -0.4 is 16.6 Å². The maximum absolute atomic E-state index is 13.1. The Morgan fingerprint density at radius 2 is 2.11 bits per heavy atom. The SMILES string of the molecule is O=c1[nH]c2ccc(F)cc2c(=O)n1CC1CNC1. The minimum absolute atomic E-state index is 0.210. The minimum Gasteiger partial charge on any atom is -0.316 e. The van der Waals surface area contributed by atoms with Gasteiger partial charge in [0, 0.05) is 25.6 Å². The summed E-state index contributed by atoms with van der Waals surface area (Å²) in [5.41, 5.74) is -0.499. The largest absolute Gasteiger partial charge is 0.328 e. The number of hydrogen-bond donors (Lipinski definition) is 2. The zero-order valence-corrected chi connectivity index (χ0v) is 9.57. The predicted molar refractivity (Wildman–Crippen MR) is 65.1 cm³/mol. The molecule has 5 nitrogen and oxygen atoms in total. The van der Waals surface area contributed by atoms with Crippen molar-refractivity contribution >= 4 is 10.9 Å². The summed E-state index contributed by atoms with van der Waals surface area (Å²) in [5.74, 6) is -0.196. The van der Waals surface area contributed by atoms with Crippen LogP contribution in [-0.2, 0) is 6.54 Å². The number of aromatic amines is 1. The maximum Gasteiger partial charge on any atom is 0.328 e. The van der Waals surface area contributed by atoms with Gasteiger partial charge in [-0.15, -0.1) is 0 Å². The molecule has 0 atom stereocenters. The maximum atomic E-state index is 13.1. The molecule has 0 bridgehead atoms. The van der Waals surface area contributed by atoms with E-state index in [0.717, 1.165) is 23.7 Å². The Kier molecular flexibility index (Phi) is 2.52. The molecule has 3 rings (SSSR count). The molecule has 0 saturated carbocycles. The summed E-state index contributed by atoms with van der Waals surface area (Å²) in [6.45, 7) is 1.97. The second-order valence-electron chi connectivity index (χ2n) is 4.56. The fourth-order valence-electron chi connectivity index (χ4n) is 2.12. The Balaban J connectivity index is 2.18. The van der Waals surface area contributed by atoms with Crippen LogP contribution in [0.25, 0.3) is 10.9 Å². The van der Waals surface area contributed by atoms with Gasteiger partial charge in [0.15, 0.2) is 0 Å². The summed E-state index contributed by atoms with van der Waals surface area (Å²) < 4.78 is 14.3. The molecule has 1 aliphatic heterocycles. The Hall–Kier alpha value is -1.95. The van der Waals surface area contributed by atoms with Crippen molar-refractivity contribution in [3.05, 3.63) is 44.9 Å². The van der Waals surface area contributed by atoms with Gasteiger partial charge in [-0.25, -0.2) is 9.18 Å². The van der Waals surface area contributed by atoms with E-state index in [1.165, 1.54) is 12.1 Å². The first-order chi connectivity index (χ1) is 8.65. The van der Waals surface area contributed by atoms with Crippen LogP contribution in [0.3, 0.4) is 0 Å². The van der Waals surface area contributed by atoms with Gasteiger partial charge >= 0.3 is 5.69 Å². The van der Waals surface area contributed by atoms with E-state index in [1.54, 1.807) is 0 Å². The zero-order chi connectivity index (χ0) is 12.7. The number of rotatable bonds is 2. The Morgan fingerprint density at radius 1 is 1.33 bits per heavy atom. The number of benzene rings is 1. The van der Waals surface area contributed by atoms with E-state index >= 15 is 0 Å². The predicted octanol–water partition coefficient (Wildman–Crippen LogP) is 0.0483. The second-order valence-corrected chi connectivity index (χ2v) is 4.56. The summed E-state index contributed by atoms with van der Waals surface area (Å²) in [6, 6.07) is 3.78. The lowest BCUT2D eigenvalue weighted by molar-refractivity contribution is 0.299. The molecular formula is C12H12FN3O2. The average Bonchev–Trinajstić information content (AvgIpc) is 2.28. The molecule has 18 heavy (non-hydrogen) atoms. The van der Waals surface area contributed by atoms with Crippen LogP contribution in [0, 0.1) is 11.7 Å². The molecule has 0 amide bonds. The van der Waals surface area contributed by atoms with Gasteiger partial charge in [0.1, 0.15) is 5.82 Å². The summed E-state index contributed by atoms with van der Waals surface area (Å²) in [6.07, 6.45) is 0. The van der Waals surface area contributed by atoms with Crippen molar-refractivity contribution in [2.24, 2.45) is 5.92 Å². The van der Waals surface area contributed by atoms with Crippen LogP contribution in [0.5, 0.6) is 0 Å². The van der Waals surface area contributed by atoms with Crippen LogP contribution >= 0.6 is 0 Å². The van der Waals surface area contributed by atoms with E-state index in [0.29, 0.717) is 12.1 Å². The molecule has 94 valence electrons. The standard InChI is InChI=1S/C12H12FN3O2/c13-8-1-2-10-9(3-8)11(17)16(12(18)15-10)6-7-4-14-5-7/h1-3,7,14H,4-6H2,(H,15,18). The highest BCUT2D eigenvalue weighted by Gasteiger charge is 2.19. The van der Waals surface area contributed by atoms with Crippen molar-refractivity contribution in [2.45, 2.75) is 6.54 Å². The fourth-order valence-corrected chi connectivity index (χ4v) is 2.12. The first-order valence-corrected chi connectivity index (χ1v) is 5.78. The molecular weight excluding hydrogens is 237 g/mol. The Bertz CT molecular complexity index is 715. The lowest BCUT2D eigenvalue weighted by Crippen LogP contribution is -2.48. The van der Waals surface area contributed by atoms with Crippen molar-refractivity contribution in [1.82, 2.24) is 14.9 Å². The van der Waals surface area contributed by atoms with E-state index in [9.17, 15) is 14.0 Å². The second kappa shape index (κ2) is 4.06. The van der Waals surface area contributed by atoms with Crippen molar-refractivity contribution in [3.8, 4) is 0 Å². The van der Waals surface area contributed by atoms with Gasteiger partial charge in [0.25, 0.3) is 5.56 Å². The molecule has 0 unspecified atom stereocenters. The number of nitrogens with zero attached hydrogens (tertiary/aromatic N) is 1. The third kappa shape index (κ3) is 1.74. The first kappa shape index (κ1) is 11.2. The van der Waals surface area contributed by atoms with E-state index in [1.807, 2.05) is 0 Å². The van der Waals surface area contributed by atoms with Crippen molar-refractivity contribution < 1.29 is 4.39 Å². The Morgan fingerprint density at radius 3 is 2.78 bits per heavy atom. The summed E-state index contributed by atoms with van der Waals surface area (Å²) in [4.78, 5) is 26.5. The number of halogens is 1. The highest BCUT2D eigenvalue weighted by molar-refractivity contribution is 5.77. The molecule has 2 heterocycles. The van der Waals surface area contributed by atoms with Gasteiger partial charge in [0.2, 0.25) is 0 Å². The highest BCUT2D eigenvalue weighted by Crippen LogP contribution is 2.08. The fraction of sp³-hybridized carbons (Fsp3) is 0.333. The lowest BCUT2D eigenvalue weighted by atomic mass is 10.0. The normalized spacial score (nSPS) is 15.8. The van der Waals surface area contributed by atoms with E-state index in [4.69, 9.17) is 0 Å². The van der Waals surface area contributed by atoms with Gasteiger partial charge in [-0.05, 0) is 18.2 Å². The molecule has 1 saturated heterocycles. The summed E-state index contributed by atoms with van der Waals surface area (Å²) in [7, 11) is 0. The smallest absolute Gasteiger partial charge is 0.316 e. The highest BCUT2D eigenvalue weighted by atomic mass is 19.1. The van der Waals surface area contributed by atoms with Crippen LogP contribution in [0.2, 0.25) is 0 Å². The number of hydrogen-bond acceptors (Lipinski definition) is 3. The van der Waals surface area contributed by atoms with Crippen LogP contribution in [0.15, 0.2) is 27.8 Å². The number of H-pyrrole nitrogens is 1. The molecule has 0 spiro atoms. The van der Waals surface area contributed by atoms with Gasteiger partial charge < -0.3 is 10.3 Å². The number of nitrogens with one attached hydrogen (secondary N) is 2. The topological polar surface area (TPSA) is 66.9 Å². The number of aromatic nitrogens is 2. The van der Waals surface area contributed by atoms with Crippen molar-refractivity contribution in [3.63, 3.8) is 0 Å². The minimum atomic E-state index is -0.483. The Labute approximate surface area is 101 Å². The molecule has 6 heteroatoms.